The van der Waals surface area contributed by atoms with Gasteiger partial charge in [0.1, 0.15) is 0 Å². The molecule has 16 heavy (non-hydrogen) atoms. The maximum Gasteiger partial charge on any atom is 0.0674 e. The summed E-state index contributed by atoms with van der Waals surface area (Å²) in [6.45, 7) is 11.1. The van der Waals surface area contributed by atoms with E-state index >= 15 is 0 Å². The molecule has 0 spiro atoms. The van der Waals surface area contributed by atoms with Crippen molar-refractivity contribution >= 4 is 0 Å². The molecule has 1 aliphatic rings. The molecule has 96 valence electrons. The highest BCUT2D eigenvalue weighted by molar-refractivity contribution is 4.88. The Kier molecular flexibility index (Phi) is 5.26. The summed E-state index contributed by atoms with van der Waals surface area (Å²) in [4.78, 5) is 2.47. The van der Waals surface area contributed by atoms with Crippen molar-refractivity contribution in [1.82, 2.24) is 4.90 Å². The molecule has 1 aliphatic heterocycles. The molecule has 1 N–H and O–H groups in total. The van der Waals surface area contributed by atoms with Crippen LogP contribution in [0.15, 0.2) is 0 Å². The summed E-state index contributed by atoms with van der Waals surface area (Å²) in [7, 11) is 0. The Hall–Kier alpha value is -0.0800. The number of hydrogen-bond donors (Lipinski definition) is 1. The molecule has 0 aromatic carbocycles. The third-order valence-corrected chi connectivity index (χ3v) is 4.28. The standard InChI is InChI=1S/C14H29NO/c1-5-13(6-2)11-14(16)7-9-15(10-8-14)12(3)4/h12-13,16H,5-11H2,1-4H3. The van der Waals surface area contributed by atoms with Gasteiger partial charge >= 0.3 is 0 Å². The maximum atomic E-state index is 10.6. The summed E-state index contributed by atoms with van der Waals surface area (Å²) in [5.41, 5.74) is -0.373. The minimum absolute atomic E-state index is 0.373. The van der Waals surface area contributed by atoms with Crippen molar-refractivity contribution < 1.29 is 5.11 Å². The van der Waals surface area contributed by atoms with Crippen LogP contribution in [0.4, 0.5) is 0 Å². The van der Waals surface area contributed by atoms with Gasteiger partial charge in [0.25, 0.3) is 0 Å². The first-order chi connectivity index (χ1) is 7.50. The predicted octanol–water partition coefficient (Wildman–Crippen LogP) is 3.05. The Balaban J connectivity index is 2.43. The topological polar surface area (TPSA) is 23.5 Å². The molecule has 1 saturated heterocycles. The Morgan fingerprint density at radius 1 is 1.12 bits per heavy atom. The second kappa shape index (κ2) is 6.02. The lowest BCUT2D eigenvalue weighted by atomic mass is 9.81. The monoisotopic (exact) mass is 227 g/mol. The first-order valence-corrected chi connectivity index (χ1v) is 6.97. The van der Waals surface area contributed by atoms with E-state index in [1.54, 1.807) is 0 Å². The van der Waals surface area contributed by atoms with Crippen LogP contribution in [0.5, 0.6) is 0 Å². The van der Waals surface area contributed by atoms with E-state index in [9.17, 15) is 5.11 Å². The molecule has 2 nitrogen and oxygen atoms in total. The molecule has 1 heterocycles. The molecule has 0 aromatic rings. The van der Waals surface area contributed by atoms with Crippen LogP contribution < -0.4 is 0 Å². The number of aliphatic hydroxyl groups is 1. The van der Waals surface area contributed by atoms with Gasteiger partial charge in [0.15, 0.2) is 0 Å². The van der Waals surface area contributed by atoms with Crippen LogP contribution in [0, 0.1) is 5.92 Å². The Labute approximate surface area is 101 Å². The molecule has 0 aliphatic carbocycles. The molecule has 0 bridgehead atoms. The van der Waals surface area contributed by atoms with E-state index < -0.39 is 0 Å². The molecular weight excluding hydrogens is 198 g/mol. The summed E-state index contributed by atoms with van der Waals surface area (Å²) in [5.74, 6) is 0.704. The molecule has 0 aromatic heterocycles. The van der Waals surface area contributed by atoms with Gasteiger partial charge in [-0.2, -0.15) is 0 Å². The summed E-state index contributed by atoms with van der Waals surface area (Å²) >= 11 is 0. The highest BCUT2D eigenvalue weighted by Gasteiger charge is 2.34. The van der Waals surface area contributed by atoms with Crippen LogP contribution in [0.3, 0.4) is 0 Å². The molecule has 0 saturated carbocycles. The summed E-state index contributed by atoms with van der Waals surface area (Å²) in [5, 5.41) is 10.6. The SMILES string of the molecule is CCC(CC)CC1(O)CCN(C(C)C)CC1. The lowest BCUT2D eigenvalue weighted by molar-refractivity contribution is -0.0452. The maximum absolute atomic E-state index is 10.6. The fourth-order valence-electron chi connectivity index (χ4n) is 2.78. The third kappa shape index (κ3) is 3.74. The van der Waals surface area contributed by atoms with Crippen molar-refractivity contribution in [3.05, 3.63) is 0 Å². The summed E-state index contributed by atoms with van der Waals surface area (Å²) in [6, 6.07) is 0.623. The molecule has 0 radical (unpaired) electrons. The van der Waals surface area contributed by atoms with Crippen molar-refractivity contribution in [3.8, 4) is 0 Å². The van der Waals surface area contributed by atoms with E-state index in [4.69, 9.17) is 0 Å². The second-order valence-corrected chi connectivity index (χ2v) is 5.74. The van der Waals surface area contributed by atoms with Crippen molar-refractivity contribution in [2.75, 3.05) is 13.1 Å². The third-order valence-electron chi connectivity index (χ3n) is 4.28. The lowest BCUT2D eigenvalue weighted by Crippen LogP contribution is -2.47. The fourth-order valence-corrected chi connectivity index (χ4v) is 2.78. The fraction of sp³-hybridized carbons (Fsp3) is 1.00. The number of nitrogens with zero attached hydrogens (tertiary/aromatic N) is 1. The van der Waals surface area contributed by atoms with Gasteiger partial charge in [0, 0.05) is 19.1 Å². The average molecular weight is 227 g/mol. The molecule has 1 fully saturated rings. The Bertz CT molecular complexity index is 191. The van der Waals surface area contributed by atoms with E-state index in [0.29, 0.717) is 12.0 Å². The molecule has 2 heteroatoms. The van der Waals surface area contributed by atoms with Gasteiger partial charge in [-0.15, -0.1) is 0 Å². The van der Waals surface area contributed by atoms with Crippen LogP contribution >= 0.6 is 0 Å². The molecule has 0 unspecified atom stereocenters. The van der Waals surface area contributed by atoms with Crippen molar-refractivity contribution in [1.29, 1.82) is 0 Å². The molecule has 0 amide bonds. The van der Waals surface area contributed by atoms with Crippen LogP contribution in [0.1, 0.15) is 59.8 Å². The average Bonchev–Trinajstić information content (AvgIpc) is 2.26. The van der Waals surface area contributed by atoms with Gasteiger partial charge in [-0.3, -0.25) is 0 Å². The van der Waals surface area contributed by atoms with Gasteiger partial charge in [-0.25, -0.2) is 0 Å². The molecule has 0 atom stereocenters. The normalized spacial score (nSPS) is 21.9. The van der Waals surface area contributed by atoms with Gasteiger partial charge in [0.2, 0.25) is 0 Å². The number of piperidine rings is 1. The quantitative estimate of drug-likeness (QED) is 0.780. The second-order valence-electron chi connectivity index (χ2n) is 5.74. The van der Waals surface area contributed by atoms with Crippen LogP contribution in [-0.4, -0.2) is 34.7 Å². The van der Waals surface area contributed by atoms with Crippen molar-refractivity contribution in [2.24, 2.45) is 5.92 Å². The minimum Gasteiger partial charge on any atom is -0.390 e. The minimum atomic E-state index is -0.373. The van der Waals surface area contributed by atoms with Gasteiger partial charge in [-0.1, -0.05) is 26.7 Å². The first kappa shape index (κ1) is 14.0. The van der Waals surface area contributed by atoms with E-state index in [1.165, 1.54) is 12.8 Å². The van der Waals surface area contributed by atoms with Gasteiger partial charge in [0.05, 0.1) is 5.60 Å². The van der Waals surface area contributed by atoms with E-state index in [1.807, 2.05) is 0 Å². The van der Waals surface area contributed by atoms with E-state index in [-0.39, 0.29) is 5.60 Å². The van der Waals surface area contributed by atoms with Crippen LogP contribution in [0.25, 0.3) is 0 Å². The number of likely N-dealkylation sites (tertiary alicyclic amines) is 1. The summed E-state index contributed by atoms with van der Waals surface area (Å²) in [6.07, 6.45) is 5.33. The van der Waals surface area contributed by atoms with E-state index in [2.05, 4.69) is 32.6 Å². The van der Waals surface area contributed by atoms with Crippen molar-refractivity contribution in [2.45, 2.75) is 71.4 Å². The van der Waals surface area contributed by atoms with Crippen LogP contribution in [0.2, 0.25) is 0 Å². The van der Waals surface area contributed by atoms with Crippen molar-refractivity contribution in [3.63, 3.8) is 0 Å². The van der Waals surface area contributed by atoms with Gasteiger partial charge < -0.3 is 10.0 Å². The smallest absolute Gasteiger partial charge is 0.0674 e. The zero-order valence-corrected chi connectivity index (χ0v) is 11.5. The molecule has 1 rings (SSSR count). The lowest BCUT2D eigenvalue weighted by Gasteiger charge is -2.41. The Morgan fingerprint density at radius 3 is 2.00 bits per heavy atom. The predicted molar refractivity (Wildman–Crippen MR) is 69.6 cm³/mol. The highest BCUT2D eigenvalue weighted by Crippen LogP contribution is 2.31. The van der Waals surface area contributed by atoms with Gasteiger partial charge in [-0.05, 0) is 39.0 Å². The zero-order valence-electron chi connectivity index (χ0n) is 11.5. The first-order valence-electron chi connectivity index (χ1n) is 6.97. The highest BCUT2D eigenvalue weighted by atomic mass is 16.3. The number of hydrogen-bond acceptors (Lipinski definition) is 2. The molecular formula is C14H29NO. The summed E-state index contributed by atoms with van der Waals surface area (Å²) < 4.78 is 0. The zero-order chi connectivity index (χ0) is 12.2. The number of rotatable bonds is 5. The van der Waals surface area contributed by atoms with E-state index in [0.717, 1.165) is 32.4 Å². The Morgan fingerprint density at radius 2 is 1.62 bits per heavy atom. The largest absolute Gasteiger partial charge is 0.390 e. The van der Waals surface area contributed by atoms with Crippen LogP contribution in [-0.2, 0) is 0 Å².